The molecule has 0 bridgehead atoms. The molecule has 0 aromatic heterocycles. The van der Waals surface area contributed by atoms with Gasteiger partial charge in [-0.2, -0.15) is 0 Å². The topological polar surface area (TPSA) is 85.6 Å². The van der Waals surface area contributed by atoms with E-state index in [9.17, 15) is 4.79 Å². The van der Waals surface area contributed by atoms with E-state index in [0.717, 1.165) is 5.56 Å². The Morgan fingerprint density at radius 3 is 2.62 bits per heavy atom. The molecule has 7 heteroatoms. The standard InChI is InChI=1S/C14H19N3O3S/c1-9(2)20-11-6-4-10(8-12(11)19-3)5-7-13(18)16-17-14(15)21/h4-9H,1-3H3,(H,16,18)(H3,15,17,21)/b7-5+. The van der Waals surface area contributed by atoms with Crippen LogP contribution in [0.2, 0.25) is 0 Å². The predicted octanol–water partition coefficient (Wildman–Crippen LogP) is 1.36. The highest BCUT2D eigenvalue weighted by molar-refractivity contribution is 7.80. The van der Waals surface area contributed by atoms with Crippen LogP contribution in [0.4, 0.5) is 0 Å². The van der Waals surface area contributed by atoms with Crippen molar-refractivity contribution in [2.24, 2.45) is 5.73 Å². The zero-order valence-corrected chi connectivity index (χ0v) is 13.0. The molecule has 0 unspecified atom stereocenters. The van der Waals surface area contributed by atoms with Gasteiger partial charge in [-0.25, -0.2) is 0 Å². The number of nitrogens with one attached hydrogen (secondary N) is 2. The zero-order chi connectivity index (χ0) is 15.8. The van der Waals surface area contributed by atoms with Crippen LogP contribution in [0.3, 0.4) is 0 Å². The van der Waals surface area contributed by atoms with Crippen LogP contribution in [-0.2, 0) is 4.79 Å². The number of carbonyl (C=O) groups excluding carboxylic acids is 1. The van der Waals surface area contributed by atoms with E-state index in [0.29, 0.717) is 11.5 Å². The van der Waals surface area contributed by atoms with Crippen molar-refractivity contribution in [3.05, 3.63) is 29.8 Å². The fraction of sp³-hybridized carbons (Fsp3) is 0.286. The molecule has 21 heavy (non-hydrogen) atoms. The van der Waals surface area contributed by atoms with Crippen molar-refractivity contribution in [3.8, 4) is 11.5 Å². The van der Waals surface area contributed by atoms with Crippen molar-refractivity contribution in [2.75, 3.05) is 7.11 Å². The molecule has 1 aromatic carbocycles. The van der Waals surface area contributed by atoms with E-state index in [1.165, 1.54) is 6.08 Å². The number of nitrogens with two attached hydrogens (primary N) is 1. The highest BCUT2D eigenvalue weighted by Crippen LogP contribution is 2.29. The van der Waals surface area contributed by atoms with Crippen LogP contribution in [0.1, 0.15) is 19.4 Å². The van der Waals surface area contributed by atoms with Crippen LogP contribution in [0.5, 0.6) is 11.5 Å². The molecule has 0 saturated heterocycles. The first kappa shape index (κ1) is 16.8. The molecule has 1 rings (SSSR count). The minimum absolute atomic E-state index is 0.00592. The first-order valence-electron chi connectivity index (χ1n) is 6.30. The van der Waals surface area contributed by atoms with E-state index < -0.39 is 0 Å². The van der Waals surface area contributed by atoms with Gasteiger partial charge in [-0.05, 0) is 49.8 Å². The van der Waals surface area contributed by atoms with Gasteiger partial charge < -0.3 is 15.2 Å². The quantitative estimate of drug-likeness (QED) is 0.432. The Hall–Kier alpha value is -2.28. The SMILES string of the molecule is COc1cc(/C=C/C(=O)NNC(N)=S)ccc1OC(C)C. The molecule has 0 aliphatic heterocycles. The Kier molecular flexibility index (Phi) is 6.48. The summed E-state index contributed by atoms with van der Waals surface area (Å²) in [5.74, 6) is 0.890. The van der Waals surface area contributed by atoms with Crippen LogP contribution in [0, 0.1) is 0 Å². The number of thiocarbonyl (C=S) groups is 1. The van der Waals surface area contributed by atoms with Crippen LogP contribution in [0.25, 0.3) is 6.08 Å². The highest BCUT2D eigenvalue weighted by Gasteiger charge is 2.06. The van der Waals surface area contributed by atoms with Crippen molar-refractivity contribution in [1.82, 2.24) is 10.9 Å². The van der Waals surface area contributed by atoms with Crippen LogP contribution in [-0.4, -0.2) is 24.2 Å². The van der Waals surface area contributed by atoms with E-state index >= 15 is 0 Å². The van der Waals surface area contributed by atoms with Crippen LogP contribution < -0.4 is 26.1 Å². The molecular weight excluding hydrogens is 290 g/mol. The van der Waals surface area contributed by atoms with Crippen molar-refractivity contribution in [3.63, 3.8) is 0 Å². The van der Waals surface area contributed by atoms with Crippen LogP contribution in [0.15, 0.2) is 24.3 Å². The lowest BCUT2D eigenvalue weighted by Gasteiger charge is -2.13. The van der Waals surface area contributed by atoms with E-state index in [2.05, 4.69) is 23.1 Å². The Labute approximate surface area is 129 Å². The van der Waals surface area contributed by atoms with Gasteiger partial charge in [0.15, 0.2) is 16.6 Å². The number of rotatable bonds is 5. The predicted molar refractivity (Wildman–Crippen MR) is 85.9 cm³/mol. The number of benzene rings is 1. The molecule has 0 saturated carbocycles. The largest absolute Gasteiger partial charge is 0.493 e. The fourth-order valence-electron chi connectivity index (χ4n) is 1.48. The Morgan fingerprint density at radius 2 is 2.05 bits per heavy atom. The lowest BCUT2D eigenvalue weighted by atomic mass is 10.2. The van der Waals surface area contributed by atoms with Gasteiger partial charge in [0.05, 0.1) is 13.2 Å². The Balaban J connectivity index is 2.75. The number of carbonyl (C=O) groups is 1. The zero-order valence-electron chi connectivity index (χ0n) is 12.2. The Bertz CT molecular complexity index is 544. The van der Waals surface area contributed by atoms with Gasteiger partial charge in [-0.1, -0.05) is 6.07 Å². The highest BCUT2D eigenvalue weighted by atomic mass is 32.1. The maximum atomic E-state index is 11.5. The van der Waals surface area contributed by atoms with Gasteiger partial charge in [-0.15, -0.1) is 0 Å². The van der Waals surface area contributed by atoms with E-state index in [1.807, 2.05) is 19.9 Å². The molecule has 1 aromatic rings. The summed E-state index contributed by atoms with van der Waals surface area (Å²) >= 11 is 4.57. The molecule has 0 aliphatic rings. The summed E-state index contributed by atoms with van der Waals surface area (Å²) in [5, 5.41) is -0.00592. The number of amides is 1. The maximum absolute atomic E-state index is 11.5. The average molecular weight is 309 g/mol. The van der Waals surface area contributed by atoms with Crippen molar-refractivity contribution < 1.29 is 14.3 Å². The van der Waals surface area contributed by atoms with Crippen LogP contribution >= 0.6 is 12.2 Å². The molecular formula is C14H19N3O3S. The van der Waals surface area contributed by atoms with Crippen molar-refractivity contribution >= 4 is 29.3 Å². The Morgan fingerprint density at radius 1 is 1.33 bits per heavy atom. The van der Waals surface area contributed by atoms with Gasteiger partial charge >= 0.3 is 0 Å². The van der Waals surface area contributed by atoms with Gasteiger partial charge in [-0.3, -0.25) is 15.6 Å². The summed E-state index contributed by atoms with van der Waals surface area (Å²) in [6.07, 6.45) is 3.04. The number of hydrogen-bond acceptors (Lipinski definition) is 4. The van der Waals surface area contributed by atoms with Crippen molar-refractivity contribution in [1.29, 1.82) is 0 Å². The molecule has 1 amide bonds. The van der Waals surface area contributed by atoms with Crippen molar-refractivity contribution in [2.45, 2.75) is 20.0 Å². The fourth-order valence-corrected chi connectivity index (χ4v) is 1.53. The molecule has 4 N–H and O–H groups in total. The first-order chi connectivity index (χ1) is 9.92. The lowest BCUT2D eigenvalue weighted by Crippen LogP contribution is -2.43. The second-order valence-electron chi connectivity index (χ2n) is 4.39. The minimum atomic E-state index is -0.371. The monoisotopic (exact) mass is 309 g/mol. The molecule has 0 fully saturated rings. The summed E-state index contributed by atoms with van der Waals surface area (Å²) in [6.45, 7) is 3.87. The number of ether oxygens (including phenoxy) is 2. The van der Waals surface area contributed by atoms with E-state index in [4.69, 9.17) is 15.2 Å². The third-order valence-corrected chi connectivity index (χ3v) is 2.39. The molecule has 0 heterocycles. The molecule has 0 spiro atoms. The van der Waals surface area contributed by atoms with Gasteiger partial charge in [0, 0.05) is 6.08 Å². The summed E-state index contributed by atoms with van der Waals surface area (Å²) in [5.41, 5.74) is 10.7. The average Bonchev–Trinajstić information content (AvgIpc) is 2.43. The maximum Gasteiger partial charge on any atom is 0.262 e. The van der Waals surface area contributed by atoms with Gasteiger partial charge in [0.25, 0.3) is 5.91 Å². The lowest BCUT2D eigenvalue weighted by molar-refractivity contribution is -0.116. The molecule has 114 valence electrons. The van der Waals surface area contributed by atoms with Gasteiger partial charge in [0.1, 0.15) is 0 Å². The summed E-state index contributed by atoms with van der Waals surface area (Å²) < 4.78 is 10.9. The third-order valence-electron chi connectivity index (χ3n) is 2.29. The normalized spacial score (nSPS) is 10.5. The van der Waals surface area contributed by atoms with E-state index in [1.54, 1.807) is 25.3 Å². The summed E-state index contributed by atoms with van der Waals surface area (Å²) in [7, 11) is 1.56. The summed E-state index contributed by atoms with van der Waals surface area (Å²) in [4.78, 5) is 11.5. The molecule has 0 radical (unpaired) electrons. The third kappa shape index (κ3) is 6.13. The number of hydrazine groups is 1. The minimum Gasteiger partial charge on any atom is -0.493 e. The molecule has 6 nitrogen and oxygen atoms in total. The summed E-state index contributed by atoms with van der Waals surface area (Å²) in [6, 6.07) is 5.40. The van der Waals surface area contributed by atoms with E-state index in [-0.39, 0.29) is 17.1 Å². The number of hydrogen-bond donors (Lipinski definition) is 3. The first-order valence-corrected chi connectivity index (χ1v) is 6.71. The number of methoxy groups -OCH3 is 1. The second-order valence-corrected chi connectivity index (χ2v) is 4.83. The van der Waals surface area contributed by atoms with Gasteiger partial charge in [0.2, 0.25) is 0 Å². The second kappa shape index (κ2) is 8.11. The molecule has 0 aliphatic carbocycles. The smallest absolute Gasteiger partial charge is 0.262 e. The molecule has 0 atom stereocenters.